The summed E-state index contributed by atoms with van der Waals surface area (Å²) in [6.45, 7) is 14.0. The second-order valence-corrected chi connectivity index (χ2v) is 14.5. The van der Waals surface area contributed by atoms with E-state index < -0.39 is 16.6 Å². The van der Waals surface area contributed by atoms with Gasteiger partial charge in [0.05, 0.1) is 11.3 Å². The molecule has 8 nitrogen and oxygen atoms in total. The van der Waals surface area contributed by atoms with Gasteiger partial charge in [-0.1, -0.05) is 97.6 Å². The molecule has 1 unspecified atom stereocenters. The number of aldehydes is 1. The van der Waals surface area contributed by atoms with Crippen molar-refractivity contribution >= 4 is 29.4 Å². The highest BCUT2D eigenvalue weighted by molar-refractivity contribution is 5.92. The molecule has 0 bridgehead atoms. The Hall–Kier alpha value is -5.87. The molecule has 0 aromatic heterocycles. The van der Waals surface area contributed by atoms with Gasteiger partial charge in [0, 0.05) is 76.4 Å². The Morgan fingerprint density at radius 2 is 1.47 bits per heavy atom. The van der Waals surface area contributed by atoms with Crippen LogP contribution in [0.2, 0.25) is 0 Å². The van der Waals surface area contributed by atoms with Gasteiger partial charge >= 0.3 is 0 Å². The van der Waals surface area contributed by atoms with Crippen LogP contribution in [0.15, 0.2) is 106 Å². The van der Waals surface area contributed by atoms with Crippen LogP contribution < -0.4 is 14.8 Å². The van der Waals surface area contributed by atoms with Crippen molar-refractivity contribution in [2.24, 2.45) is 4.99 Å². The van der Waals surface area contributed by atoms with Crippen molar-refractivity contribution in [2.75, 3.05) is 5.32 Å². The molecule has 2 aliphatic rings. The number of allylic oxidation sites excluding steroid dienone is 6. The summed E-state index contributed by atoms with van der Waals surface area (Å²) < 4.78 is 13.4. The fraction of sp³-hybridized carbons (Fsp3) is 0.378. The monoisotopic (exact) mass is 712 g/mol. The lowest BCUT2D eigenvalue weighted by atomic mass is 9.69. The van der Waals surface area contributed by atoms with E-state index in [0.29, 0.717) is 42.7 Å². The number of fused-ring (bicyclic) bond motifs is 2. The number of benzene rings is 2. The number of hydrogen-bond donors (Lipinski definition) is 3. The van der Waals surface area contributed by atoms with Gasteiger partial charge < -0.3 is 25.0 Å². The van der Waals surface area contributed by atoms with Gasteiger partial charge in [-0.2, -0.15) is 4.99 Å². The molecule has 0 saturated carbocycles. The van der Waals surface area contributed by atoms with E-state index >= 15 is 0 Å². The molecule has 0 fully saturated rings. The van der Waals surface area contributed by atoms with Crippen LogP contribution >= 0.6 is 0 Å². The number of unbranched alkanes of at least 4 members (excludes halogenated alkanes) is 5. The number of aliphatic imine (C=N–C) groups is 1. The summed E-state index contributed by atoms with van der Waals surface area (Å²) in [5.74, 6) is 2.32. The molecule has 2 heterocycles. The first-order chi connectivity index (χ1) is 25.3. The molecular weight excluding hydrogens is 665 g/mol. The van der Waals surface area contributed by atoms with Gasteiger partial charge in [-0.3, -0.25) is 9.59 Å². The Bertz CT molecular complexity index is 2090. The van der Waals surface area contributed by atoms with E-state index in [9.17, 15) is 19.8 Å². The maximum atomic E-state index is 12.8. The van der Waals surface area contributed by atoms with Crippen LogP contribution in [0.5, 0.6) is 23.0 Å². The van der Waals surface area contributed by atoms with Crippen molar-refractivity contribution in [1.29, 1.82) is 0 Å². The van der Waals surface area contributed by atoms with E-state index in [1.807, 2.05) is 0 Å². The Labute approximate surface area is 312 Å². The van der Waals surface area contributed by atoms with Gasteiger partial charge in [0.1, 0.15) is 28.7 Å². The zero-order chi connectivity index (χ0) is 38.5. The second-order valence-electron chi connectivity index (χ2n) is 14.5. The van der Waals surface area contributed by atoms with Crippen LogP contribution in [0.1, 0.15) is 104 Å². The number of rotatable bonds is 13. The summed E-state index contributed by atoms with van der Waals surface area (Å²) in [6, 6.07) is 6.65. The number of nitrogens with one attached hydrogen (secondary N) is 1. The SMILES string of the molecule is C=C/C=C/C=C/C(=C=C=C=C=C=C=C=Nc1cc2c(cc1O)C(C)(C)CC1(CC(C)(C)c3cc(O)c(NC(=O)CCCCCCCC)cc3O1)O2)C=O. The predicted molar refractivity (Wildman–Crippen MR) is 208 cm³/mol. The smallest absolute Gasteiger partial charge is 0.252 e. The average Bonchev–Trinajstić information content (AvgIpc) is 3.09. The number of phenolic OH excluding ortho intramolecular Hbond substituents is 2. The minimum absolute atomic E-state index is 0.00882. The largest absolute Gasteiger partial charge is 0.506 e. The number of anilines is 1. The Balaban J connectivity index is 1.60. The van der Waals surface area contributed by atoms with Crippen LogP contribution in [0, 0.1) is 0 Å². The predicted octanol–water partition coefficient (Wildman–Crippen LogP) is 9.96. The normalized spacial score (nSPS) is 17.2. The van der Waals surface area contributed by atoms with Crippen molar-refractivity contribution in [3.8, 4) is 23.0 Å². The Morgan fingerprint density at radius 1 is 0.849 bits per heavy atom. The molecule has 2 aromatic carbocycles. The minimum Gasteiger partial charge on any atom is -0.506 e. The molecule has 274 valence electrons. The first kappa shape index (κ1) is 39.9. The third-order valence-electron chi connectivity index (χ3n) is 9.13. The van der Waals surface area contributed by atoms with E-state index in [0.717, 1.165) is 30.4 Å². The lowest BCUT2D eigenvalue weighted by Crippen LogP contribution is -2.55. The van der Waals surface area contributed by atoms with Gasteiger partial charge in [-0.15, -0.1) is 0 Å². The molecule has 2 aromatic rings. The quantitative estimate of drug-likeness (QED) is 0.0362. The summed E-state index contributed by atoms with van der Waals surface area (Å²) in [4.78, 5) is 28.2. The summed E-state index contributed by atoms with van der Waals surface area (Å²) in [5, 5.41) is 24.7. The maximum absolute atomic E-state index is 12.8. The molecule has 0 aliphatic carbocycles. The fourth-order valence-corrected chi connectivity index (χ4v) is 6.71. The number of nitrogens with zero attached hydrogens (tertiary/aromatic N) is 1. The topological polar surface area (TPSA) is 117 Å². The highest BCUT2D eigenvalue weighted by atomic mass is 16.7. The van der Waals surface area contributed by atoms with E-state index in [1.54, 1.807) is 54.6 Å². The van der Waals surface area contributed by atoms with Crippen molar-refractivity contribution in [3.63, 3.8) is 0 Å². The molecule has 4 rings (SSSR count). The zero-order valence-corrected chi connectivity index (χ0v) is 31.3. The number of carbonyl (C=O) groups excluding carboxylic acids is 2. The average molecular weight is 713 g/mol. The molecule has 53 heavy (non-hydrogen) atoms. The number of hydrogen-bond acceptors (Lipinski definition) is 7. The lowest BCUT2D eigenvalue weighted by molar-refractivity contribution is -0.166. The van der Waals surface area contributed by atoms with Gasteiger partial charge in [0.15, 0.2) is 6.29 Å². The molecule has 8 heteroatoms. The van der Waals surface area contributed by atoms with Crippen molar-refractivity contribution in [3.05, 3.63) is 112 Å². The lowest BCUT2D eigenvalue weighted by Gasteiger charge is -2.51. The summed E-state index contributed by atoms with van der Waals surface area (Å²) in [6.07, 6.45) is 16.7. The van der Waals surface area contributed by atoms with E-state index in [1.165, 1.54) is 19.3 Å². The number of aromatic hydroxyl groups is 2. The highest BCUT2D eigenvalue weighted by Gasteiger charge is 2.53. The molecule has 1 amide bonds. The number of carbonyl (C=O) groups is 2. The molecule has 1 spiro atoms. The third kappa shape index (κ3) is 10.8. The van der Waals surface area contributed by atoms with Crippen LogP contribution in [-0.4, -0.2) is 34.1 Å². The van der Waals surface area contributed by atoms with Crippen LogP contribution in [0.4, 0.5) is 11.4 Å². The Kier molecular flexibility index (Phi) is 13.6. The van der Waals surface area contributed by atoms with Crippen LogP contribution in [0.3, 0.4) is 0 Å². The van der Waals surface area contributed by atoms with Crippen molar-refractivity contribution in [2.45, 2.75) is 109 Å². The molecular formula is C45H48N2O6. The standard InChI is InChI=1S/C45H48N2O6/c1-7-9-11-13-16-20-24-42(51)47-37-29-41-35(27-39(37)50)44(5,6)32-45(53-41)31-43(3,4)34-26-38(49)36(28-40(34)52-45)46-25-21-17-14-15-19-23-33(30-48)22-18-12-10-8-2/h8,10,12,18,22,26-30,49-50H,2,7,9,11,13,16,20,24,31-32H2,1,3-6H3,(H,47,51)/b12-10+,22-18+. The van der Waals surface area contributed by atoms with Gasteiger partial charge in [0.2, 0.25) is 5.91 Å². The third-order valence-corrected chi connectivity index (χ3v) is 9.13. The molecule has 1 atom stereocenters. The molecule has 0 saturated heterocycles. The second kappa shape index (κ2) is 18.1. The van der Waals surface area contributed by atoms with Gasteiger partial charge in [-0.05, 0) is 41.8 Å². The fourth-order valence-electron chi connectivity index (χ4n) is 6.71. The van der Waals surface area contributed by atoms with Crippen LogP contribution in [-0.2, 0) is 20.4 Å². The minimum atomic E-state index is -1.08. The molecule has 3 N–H and O–H groups in total. The van der Waals surface area contributed by atoms with Crippen LogP contribution in [0.25, 0.3) is 0 Å². The van der Waals surface area contributed by atoms with E-state index in [-0.39, 0.29) is 28.7 Å². The van der Waals surface area contributed by atoms with Crippen molar-refractivity contribution < 1.29 is 29.3 Å². The molecule has 2 aliphatic heterocycles. The van der Waals surface area contributed by atoms with E-state index in [4.69, 9.17) is 9.47 Å². The zero-order valence-electron chi connectivity index (χ0n) is 31.3. The van der Waals surface area contributed by atoms with E-state index in [2.05, 4.69) is 91.8 Å². The summed E-state index contributed by atoms with van der Waals surface area (Å²) >= 11 is 0. The summed E-state index contributed by atoms with van der Waals surface area (Å²) in [5.41, 5.74) is 17.0. The molecule has 0 radical (unpaired) electrons. The Morgan fingerprint density at radius 3 is 2.15 bits per heavy atom. The number of phenols is 2. The summed E-state index contributed by atoms with van der Waals surface area (Å²) in [7, 11) is 0. The van der Waals surface area contributed by atoms with Gasteiger partial charge in [-0.25, -0.2) is 0 Å². The number of amides is 1. The highest BCUT2D eigenvalue weighted by Crippen LogP contribution is 2.56. The maximum Gasteiger partial charge on any atom is 0.252 e. The van der Waals surface area contributed by atoms with Crippen molar-refractivity contribution in [1.82, 2.24) is 0 Å². The van der Waals surface area contributed by atoms with Gasteiger partial charge in [0.25, 0.3) is 5.79 Å². The first-order valence-electron chi connectivity index (χ1n) is 18.0. The number of ether oxygens (including phenoxy) is 2. The first-order valence-corrected chi connectivity index (χ1v) is 18.0.